The maximum atomic E-state index is 15.4. The van der Waals surface area contributed by atoms with Gasteiger partial charge in [0.2, 0.25) is 17.7 Å². The van der Waals surface area contributed by atoms with E-state index in [1.807, 2.05) is 53.4 Å². The zero-order valence-electron chi connectivity index (χ0n) is 34.9. The first-order valence-electron chi connectivity index (χ1n) is 21.2. The Labute approximate surface area is 363 Å². The smallest absolute Gasteiger partial charge is 0.276 e. The van der Waals surface area contributed by atoms with Gasteiger partial charge in [-0.1, -0.05) is 30.3 Å². The lowest BCUT2D eigenvalue weighted by atomic mass is 9.88. The van der Waals surface area contributed by atoms with Gasteiger partial charge in [-0.2, -0.15) is 5.10 Å². The summed E-state index contributed by atoms with van der Waals surface area (Å²) in [4.78, 5) is 66.5. The number of amides is 5. The number of aromatic nitrogens is 2. The second-order valence-electron chi connectivity index (χ2n) is 16.3. The second kappa shape index (κ2) is 17.2. The number of nitrogens with zero attached hydrogens (tertiary/aromatic N) is 4. The number of piperidine rings is 2. The molecule has 3 aliphatic rings. The summed E-state index contributed by atoms with van der Waals surface area (Å²) in [5.41, 5.74) is 6.36. The molecular weight excluding hydrogens is 802 g/mol. The lowest BCUT2D eigenvalue weighted by molar-refractivity contribution is -0.134. The molecule has 0 saturated carbocycles. The minimum atomic E-state index is -0.535. The minimum Gasteiger partial charge on any atom is -0.457 e. The van der Waals surface area contributed by atoms with Gasteiger partial charge in [0.1, 0.15) is 17.3 Å². The third-order valence-corrected chi connectivity index (χ3v) is 12.4. The van der Waals surface area contributed by atoms with Crippen molar-refractivity contribution in [2.24, 2.45) is 7.05 Å². The number of hydrogen-bond acceptors (Lipinski definition) is 8. The summed E-state index contributed by atoms with van der Waals surface area (Å²) in [5, 5.41) is 13.0. The van der Waals surface area contributed by atoms with Gasteiger partial charge in [-0.3, -0.25) is 34.0 Å². The van der Waals surface area contributed by atoms with E-state index in [-0.39, 0.29) is 47.5 Å². The van der Waals surface area contributed by atoms with Crippen molar-refractivity contribution >= 4 is 57.5 Å². The molecule has 320 valence electrons. The van der Waals surface area contributed by atoms with E-state index < -0.39 is 11.8 Å². The molecule has 1 atom stereocenters. The zero-order valence-corrected chi connectivity index (χ0v) is 34.9. The molecule has 0 aliphatic carbocycles. The van der Waals surface area contributed by atoms with Crippen LogP contribution < -0.4 is 30.5 Å². The normalized spacial score (nSPS) is 16.9. The highest BCUT2D eigenvalue weighted by atomic mass is 19.1. The molecule has 0 radical (unpaired) electrons. The predicted molar refractivity (Wildman–Crippen MR) is 238 cm³/mol. The first-order valence-corrected chi connectivity index (χ1v) is 21.2. The Morgan fingerprint density at radius 3 is 2.35 bits per heavy atom. The molecule has 1 aromatic heterocycles. The van der Waals surface area contributed by atoms with Crippen molar-refractivity contribution in [3.8, 4) is 22.6 Å². The molecule has 3 saturated heterocycles. The average Bonchev–Trinajstić information content (AvgIpc) is 3.88. The second-order valence-corrected chi connectivity index (χ2v) is 16.3. The standard InChI is InChI=1S/C49H46FN7O6/c1-51-47(60)33-5-3-6-34(25-33)52-49(62)46-39-26-31(10-17-41(39)55(2)54-46)37-15-12-35(57-22-4-7-45(57)59)28-43(37)63-36-13-8-29(9-14-36)30-20-23-56(24-21-30)42-18-11-32(27-40(42)50)38-16-19-44(58)53-48(38)61/h3,5-6,8-15,17-18,25-28,30,38H,4,7,16,19-24H2,1-2H3,(H,51,60)(H,52,62)(H,53,58,61). The van der Waals surface area contributed by atoms with E-state index >= 15 is 4.39 Å². The van der Waals surface area contributed by atoms with Gasteiger partial charge in [-0.25, -0.2) is 4.39 Å². The number of hydrogen-bond donors (Lipinski definition) is 3. The fourth-order valence-electron chi connectivity index (χ4n) is 8.99. The highest BCUT2D eigenvalue weighted by Gasteiger charge is 2.30. The minimum absolute atomic E-state index is 0.0596. The van der Waals surface area contributed by atoms with Gasteiger partial charge < -0.3 is 25.2 Å². The largest absolute Gasteiger partial charge is 0.457 e. The van der Waals surface area contributed by atoms with Crippen molar-refractivity contribution < 1.29 is 33.1 Å². The molecule has 3 N–H and O–H groups in total. The Morgan fingerprint density at radius 2 is 1.62 bits per heavy atom. The third kappa shape index (κ3) is 8.36. The highest BCUT2D eigenvalue weighted by Crippen LogP contribution is 2.40. The first-order chi connectivity index (χ1) is 30.5. The number of anilines is 3. The molecule has 0 spiro atoms. The van der Waals surface area contributed by atoms with Crippen molar-refractivity contribution in [1.82, 2.24) is 20.4 Å². The van der Waals surface area contributed by atoms with E-state index in [0.717, 1.165) is 47.2 Å². The van der Waals surface area contributed by atoms with Crippen LogP contribution in [-0.2, 0) is 21.4 Å². The van der Waals surface area contributed by atoms with Gasteiger partial charge in [0.15, 0.2) is 5.69 Å². The summed E-state index contributed by atoms with van der Waals surface area (Å²) < 4.78 is 23.7. The molecule has 3 aliphatic heterocycles. The Balaban J connectivity index is 0.931. The van der Waals surface area contributed by atoms with Crippen LogP contribution in [-0.4, -0.2) is 66.0 Å². The van der Waals surface area contributed by atoms with Crippen LogP contribution in [0.1, 0.15) is 82.3 Å². The van der Waals surface area contributed by atoms with Crippen molar-refractivity contribution in [3.05, 3.63) is 131 Å². The summed E-state index contributed by atoms with van der Waals surface area (Å²) in [5.74, 6) is -0.801. The number of carbonyl (C=O) groups excluding carboxylic acids is 5. The van der Waals surface area contributed by atoms with Gasteiger partial charge in [0, 0.05) is 80.5 Å². The zero-order chi connectivity index (χ0) is 43.8. The Morgan fingerprint density at radius 1 is 0.825 bits per heavy atom. The topological polar surface area (TPSA) is 155 Å². The molecule has 3 fully saturated rings. The van der Waals surface area contributed by atoms with E-state index in [1.54, 1.807) is 60.1 Å². The van der Waals surface area contributed by atoms with Gasteiger partial charge in [0.25, 0.3) is 11.8 Å². The number of halogens is 1. The SMILES string of the molecule is CNC(=O)c1cccc(NC(=O)c2nn(C)c3ccc(-c4ccc(N5CCCC5=O)cc4Oc4ccc(C5CCN(c6ccc(C7CCC(=O)NC7=O)cc6F)CC5)cc4)cc23)c1. The van der Waals surface area contributed by atoms with Crippen LogP contribution in [0.5, 0.6) is 11.5 Å². The number of ether oxygens (including phenoxy) is 1. The van der Waals surface area contributed by atoms with Crippen LogP contribution in [0.2, 0.25) is 0 Å². The molecule has 14 heteroatoms. The summed E-state index contributed by atoms with van der Waals surface area (Å²) in [6.45, 7) is 1.95. The molecular formula is C49H46FN7O6. The fraction of sp³-hybridized carbons (Fsp3) is 0.265. The average molecular weight is 848 g/mol. The quantitative estimate of drug-likeness (QED) is 0.118. The number of benzene rings is 5. The van der Waals surface area contributed by atoms with Gasteiger partial charge >= 0.3 is 0 Å². The summed E-state index contributed by atoms with van der Waals surface area (Å²) in [6, 6.07) is 31.2. The van der Waals surface area contributed by atoms with E-state index in [2.05, 4.69) is 33.2 Å². The molecule has 6 aromatic rings. The van der Waals surface area contributed by atoms with Crippen molar-refractivity contribution in [3.63, 3.8) is 0 Å². The van der Waals surface area contributed by atoms with Crippen molar-refractivity contribution in [1.29, 1.82) is 0 Å². The number of nitrogens with one attached hydrogen (secondary N) is 3. The maximum absolute atomic E-state index is 15.4. The fourth-order valence-corrected chi connectivity index (χ4v) is 8.99. The van der Waals surface area contributed by atoms with Crippen LogP contribution in [0.3, 0.4) is 0 Å². The molecule has 5 amide bonds. The van der Waals surface area contributed by atoms with E-state index in [4.69, 9.17) is 4.74 Å². The van der Waals surface area contributed by atoms with Crippen LogP contribution in [0.25, 0.3) is 22.0 Å². The van der Waals surface area contributed by atoms with Crippen LogP contribution in [0.15, 0.2) is 103 Å². The van der Waals surface area contributed by atoms with Crippen LogP contribution >= 0.6 is 0 Å². The summed E-state index contributed by atoms with van der Waals surface area (Å²) in [6.07, 6.45) is 3.53. The van der Waals surface area contributed by atoms with E-state index in [9.17, 15) is 24.0 Å². The molecule has 13 nitrogen and oxygen atoms in total. The van der Waals surface area contributed by atoms with Gasteiger partial charge in [-0.05, 0) is 115 Å². The number of imide groups is 1. The molecule has 63 heavy (non-hydrogen) atoms. The number of aryl methyl sites for hydroxylation is 1. The lowest BCUT2D eigenvalue weighted by Gasteiger charge is -2.34. The van der Waals surface area contributed by atoms with E-state index in [0.29, 0.717) is 71.9 Å². The summed E-state index contributed by atoms with van der Waals surface area (Å²) >= 11 is 0. The van der Waals surface area contributed by atoms with Crippen LogP contribution in [0, 0.1) is 5.82 Å². The van der Waals surface area contributed by atoms with E-state index in [1.165, 1.54) is 6.07 Å². The number of rotatable bonds is 10. The highest BCUT2D eigenvalue weighted by molar-refractivity contribution is 6.12. The predicted octanol–water partition coefficient (Wildman–Crippen LogP) is 7.81. The number of carbonyl (C=O) groups is 5. The monoisotopic (exact) mass is 847 g/mol. The van der Waals surface area contributed by atoms with Crippen LogP contribution in [0.4, 0.5) is 21.5 Å². The molecule has 0 bridgehead atoms. The molecule has 9 rings (SSSR count). The Kier molecular flexibility index (Phi) is 11.2. The third-order valence-electron chi connectivity index (χ3n) is 12.4. The summed E-state index contributed by atoms with van der Waals surface area (Å²) in [7, 11) is 3.33. The molecule has 5 aromatic carbocycles. The Hall–Kier alpha value is -7.35. The number of fused-ring (bicyclic) bond motifs is 1. The molecule has 1 unspecified atom stereocenters. The molecule has 4 heterocycles. The maximum Gasteiger partial charge on any atom is 0.276 e. The Bertz CT molecular complexity index is 2800. The van der Waals surface area contributed by atoms with Crippen molar-refractivity contribution in [2.45, 2.75) is 50.4 Å². The first kappa shape index (κ1) is 41.0. The lowest BCUT2D eigenvalue weighted by Crippen LogP contribution is -2.39. The van der Waals surface area contributed by atoms with Gasteiger partial charge in [0.05, 0.1) is 17.1 Å². The van der Waals surface area contributed by atoms with Crippen molar-refractivity contribution in [2.75, 3.05) is 41.8 Å². The van der Waals surface area contributed by atoms with Gasteiger partial charge in [-0.15, -0.1) is 0 Å².